The minimum absolute atomic E-state index is 0.156. The van der Waals surface area contributed by atoms with E-state index >= 15 is 0 Å². The van der Waals surface area contributed by atoms with Crippen LogP contribution in [0.15, 0.2) is 17.0 Å². The number of hydrogen-bond donors (Lipinski definition) is 0. The second-order valence-corrected chi connectivity index (χ2v) is 6.86. The van der Waals surface area contributed by atoms with Crippen LogP contribution in [-0.4, -0.2) is 25.8 Å². The molecule has 1 aromatic carbocycles. The first-order valence-electron chi connectivity index (χ1n) is 5.39. The van der Waals surface area contributed by atoms with E-state index in [1.165, 1.54) is 10.4 Å². The molecule has 1 aliphatic heterocycles. The molecule has 0 unspecified atom stereocenters. The van der Waals surface area contributed by atoms with Crippen LogP contribution < -0.4 is 0 Å². The molecule has 1 saturated heterocycles. The maximum atomic E-state index is 12.3. The van der Waals surface area contributed by atoms with Crippen LogP contribution in [0.5, 0.6) is 0 Å². The maximum Gasteiger partial charge on any atom is 0.244 e. The molecule has 1 aromatic rings. The molecule has 1 heterocycles. The van der Waals surface area contributed by atoms with Crippen molar-refractivity contribution in [2.45, 2.75) is 24.7 Å². The number of benzene rings is 1. The summed E-state index contributed by atoms with van der Waals surface area (Å²) in [5.41, 5.74) is 0.717. The monoisotopic (exact) mass is 293 g/mol. The Labute approximate surface area is 111 Å². The number of nitrogens with zero attached hydrogens (tertiary/aromatic N) is 1. The fraction of sp³-hybridized carbons (Fsp3) is 0.455. The molecule has 6 heteroatoms. The Hall–Kier alpha value is -0.290. The van der Waals surface area contributed by atoms with E-state index in [1.54, 1.807) is 13.0 Å². The lowest BCUT2D eigenvalue weighted by molar-refractivity contribution is 0.477. The van der Waals surface area contributed by atoms with Gasteiger partial charge < -0.3 is 0 Å². The van der Waals surface area contributed by atoms with Crippen LogP contribution in [0.4, 0.5) is 0 Å². The molecule has 0 bridgehead atoms. The zero-order valence-corrected chi connectivity index (χ0v) is 11.7. The van der Waals surface area contributed by atoms with Crippen molar-refractivity contribution in [3.05, 3.63) is 27.7 Å². The molecule has 0 saturated carbocycles. The van der Waals surface area contributed by atoms with Gasteiger partial charge in [0.15, 0.2) is 0 Å². The first-order chi connectivity index (χ1) is 7.93. The van der Waals surface area contributed by atoms with E-state index in [1.807, 2.05) is 0 Å². The van der Waals surface area contributed by atoms with E-state index < -0.39 is 10.0 Å². The van der Waals surface area contributed by atoms with Crippen molar-refractivity contribution in [3.63, 3.8) is 0 Å². The Balaban J connectivity index is 2.49. The third kappa shape index (κ3) is 2.45. The number of halogens is 2. The SMILES string of the molecule is Cc1cc(S(=O)(=O)N2CCCC2)c(Cl)cc1Cl. The number of hydrogen-bond acceptors (Lipinski definition) is 2. The van der Waals surface area contributed by atoms with Gasteiger partial charge in [0.25, 0.3) is 0 Å². The molecule has 0 atom stereocenters. The predicted octanol–water partition coefficient (Wildman–Crippen LogP) is 3.09. The van der Waals surface area contributed by atoms with Gasteiger partial charge in [-0.15, -0.1) is 0 Å². The Morgan fingerprint density at radius 3 is 2.29 bits per heavy atom. The van der Waals surface area contributed by atoms with Gasteiger partial charge in [0.05, 0.1) is 5.02 Å². The zero-order valence-electron chi connectivity index (χ0n) is 9.41. The van der Waals surface area contributed by atoms with Gasteiger partial charge in [-0.05, 0) is 37.5 Å². The molecule has 0 amide bonds. The van der Waals surface area contributed by atoms with Crippen molar-refractivity contribution in [1.29, 1.82) is 0 Å². The van der Waals surface area contributed by atoms with Crippen LogP contribution in [-0.2, 0) is 10.0 Å². The molecule has 1 fully saturated rings. The molecule has 94 valence electrons. The van der Waals surface area contributed by atoms with E-state index in [-0.39, 0.29) is 9.92 Å². The van der Waals surface area contributed by atoms with E-state index in [4.69, 9.17) is 23.2 Å². The van der Waals surface area contributed by atoms with Gasteiger partial charge in [0.2, 0.25) is 10.0 Å². The van der Waals surface area contributed by atoms with Crippen LogP contribution in [0.25, 0.3) is 0 Å². The smallest absolute Gasteiger partial charge is 0.207 e. The Kier molecular flexibility index (Phi) is 3.69. The molecule has 0 N–H and O–H groups in total. The summed E-state index contributed by atoms with van der Waals surface area (Å²) in [6, 6.07) is 3.03. The van der Waals surface area contributed by atoms with Crippen LogP contribution in [0.2, 0.25) is 10.0 Å². The van der Waals surface area contributed by atoms with E-state index in [2.05, 4.69) is 0 Å². The topological polar surface area (TPSA) is 37.4 Å². The Bertz CT molecular complexity index is 537. The lowest BCUT2D eigenvalue weighted by atomic mass is 10.2. The molecule has 0 radical (unpaired) electrons. The van der Waals surface area contributed by atoms with E-state index in [9.17, 15) is 8.42 Å². The van der Waals surface area contributed by atoms with Crippen LogP contribution in [0, 0.1) is 6.92 Å². The van der Waals surface area contributed by atoms with Gasteiger partial charge in [-0.3, -0.25) is 0 Å². The van der Waals surface area contributed by atoms with Crippen LogP contribution in [0.1, 0.15) is 18.4 Å². The summed E-state index contributed by atoms with van der Waals surface area (Å²) in [6.07, 6.45) is 1.81. The Morgan fingerprint density at radius 2 is 1.71 bits per heavy atom. The summed E-state index contributed by atoms with van der Waals surface area (Å²) in [6.45, 7) is 2.91. The number of rotatable bonds is 2. The first kappa shape index (κ1) is 13.1. The highest BCUT2D eigenvalue weighted by molar-refractivity contribution is 7.89. The first-order valence-corrected chi connectivity index (χ1v) is 7.58. The third-order valence-corrected chi connectivity index (χ3v) is 5.67. The normalized spacial score (nSPS) is 17.6. The quantitative estimate of drug-likeness (QED) is 0.840. The van der Waals surface area contributed by atoms with Gasteiger partial charge in [0.1, 0.15) is 4.90 Å². The number of aryl methyl sites for hydroxylation is 1. The van der Waals surface area contributed by atoms with E-state index in [0.717, 1.165) is 12.8 Å². The summed E-state index contributed by atoms with van der Waals surface area (Å²) in [5, 5.41) is 0.669. The number of sulfonamides is 1. The summed E-state index contributed by atoms with van der Waals surface area (Å²) in [7, 11) is -3.47. The van der Waals surface area contributed by atoms with Crippen molar-refractivity contribution in [3.8, 4) is 0 Å². The van der Waals surface area contributed by atoms with Gasteiger partial charge in [-0.1, -0.05) is 23.2 Å². The van der Waals surface area contributed by atoms with Crippen LogP contribution in [0.3, 0.4) is 0 Å². The minimum atomic E-state index is -3.47. The molecular formula is C11H13Cl2NO2S. The average Bonchev–Trinajstić information content (AvgIpc) is 2.77. The molecule has 0 spiro atoms. The fourth-order valence-electron chi connectivity index (χ4n) is 1.90. The molecule has 1 aliphatic rings. The highest BCUT2D eigenvalue weighted by Crippen LogP contribution is 2.31. The van der Waals surface area contributed by atoms with Crippen molar-refractivity contribution in [2.24, 2.45) is 0 Å². The Morgan fingerprint density at radius 1 is 1.12 bits per heavy atom. The molecule has 0 aromatic heterocycles. The minimum Gasteiger partial charge on any atom is -0.207 e. The predicted molar refractivity (Wildman–Crippen MR) is 69.2 cm³/mol. The fourth-order valence-corrected chi connectivity index (χ4v) is 4.22. The van der Waals surface area contributed by atoms with Crippen LogP contribution >= 0.6 is 23.2 Å². The lowest BCUT2D eigenvalue weighted by Crippen LogP contribution is -2.28. The van der Waals surface area contributed by atoms with Gasteiger partial charge >= 0.3 is 0 Å². The standard InChI is InChI=1S/C11H13Cl2NO2S/c1-8-6-11(10(13)7-9(8)12)17(15,16)14-4-2-3-5-14/h6-7H,2-5H2,1H3. The summed E-state index contributed by atoms with van der Waals surface area (Å²) in [5.74, 6) is 0. The second-order valence-electron chi connectivity index (χ2n) is 4.14. The molecule has 3 nitrogen and oxygen atoms in total. The molecule has 2 rings (SSSR count). The van der Waals surface area contributed by atoms with Crippen molar-refractivity contribution >= 4 is 33.2 Å². The van der Waals surface area contributed by atoms with Gasteiger partial charge in [0, 0.05) is 18.1 Å². The van der Waals surface area contributed by atoms with Crippen molar-refractivity contribution in [1.82, 2.24) is 4.31 Å². The van der Waals surface area contributed by atoms with Crippen molar-refractivity contribution in [2.75, 3.05) is 13.1 Å². The third-order valence-electron chi connectivity index (χ3n) is 2.90. The molecular weight excluding hydrogens is 281 g/mol. The lowest BCUT2D eigenvalue weighted by Gasteiger charge is -2.17. The summed E-state index contributed by atoms with van der Waals surface area (Å²) >= 11 is 11.9. The van der Waals surface area contributed by atoms with Gasteiger partial charge in [-0.2, -0.15) is 4.31 Å². The summed E-state index contributed by atoms with van der Waals surface area (Å²) < 4.78 is 26.1. The zero-order chi connectivity index (χ0) is 12.6. The highest BCUT2D eigenvalue weighted by Gasteiger charge is 2.29. The van der Waals surface area contributed by atoms with Gasteiger partial charge in [-0.25, -0.2) is 8.42 Å². The average molecular weight is 294 g/mol. The second kappa shape index (κ2) is 4.76. The van der Waals surface area contributed by atoms with E-state index in [0.29, 0.717) is 23.7 Å². The molecule has 17 heavy (non-hydrogen) atoms. The molecule has 0 aliphatic carbocycles. The highest BCUT2D eigenvalue weighted by atomic mass is 35.5. The summed E-state index contributed by atoms with van der Waals surface area (Å²) in [4.78, 5) is 0.156. The largest absolute Gasteiger partial charge is 0.244 e. The van der Waals surface area contributed by atoms with Crippen molar-refractivity contribution < 1.29 is 8.42 Å². The maximum absolute atomic E-state index is 12.3.